The second-order valence-corrected chi connectivity index (χ2v) is 6.35. The number of carbonyl (C=O) groups is 1. The number of anilines is 2. The van der Waals surface area contributed by atoms with Gasteiger partial charge in [0, 0.05) is 25.0 Å². The van der Waals surface area contributed by atoms with E-state index in [1.54, 1.807) is 6.20 Å². The molecule has 5 nitrogen and oxygen atoms in total. The number of hydrogen-bond donors (Lipinski definition) is 2. The largest absolute Gasteiger partial charge is 0.349 e. The van der Waals surface area contributed by atoms with Gasteiger partial charge in [0.05, 0.1) is 5.56 Å². The van der Waals surface area contributed by atoms with Crippen molar-refractivity contribution in [3.8, 4) is 0 Å². The van der Waals surface area contributed by atoms with E-state index in [0.29, 0.717) is 11.5 Å². The van der Waals surface area contributed by atoms with Gasteiger partial charge >= 0.3 is 0 Å². The van der Waals surface area contributed by atoms with E-state index in [9.17, 15) is 4.79 Å². The molecule has 0 radical (unpaired) electrons. The van der Waals surface area contributed by atoms with E-state index in [4.69, 9.17) is 0 Å². The highest BCUT2D eigenvalue weighted by atomic mass is 35.5. The monoisotopic (exact) mass is 396 g/mol. The molecule has 1 saturated heterocycles. The molecular weight excluding hydrogens is 371 g/mol. The molecule has 0 saturated carbocycles. The van der Waals surface area contributed by atoms with E-state index in [1.165, 1.54) is 0 Å². The Morgan fingerprint density at radius 3 is 2.54 bits per heavy atom. The lowest BCUT2D eigenvalue weighted by Crippen LogP contribution is -2.48. The summed E-state index contributed by atoms with van der Waals surface area (Å²) in [5.41, 5.74) is 1.66. The number of amides is 1. The molecule has 0 spiro atoms. The molecule has 26 heavy (non-hydrogen) atoms. The molecule has 2 aromatic rings. The molecule has 2 N–H and O–H groups in total. The molecule has 0 bridgehead atoms. The van der Waals surface area contributed by atoms with Crippen molar-refractivity contribution in [1.82, 2.24) is 15.6 Å². The van der Waals surface area contributed by atoms with Crippen molar-refractivity contribution in [1.29, 1.82) is 0 Å². The third-order valence-corrected chi connectivity index (χ3v) is 4.60. The van der Waals surface area contributed by atoms with Crippen LogP contribution in [-0.2, 0) is 0 Å². The Hall–Kier alpha value is -1.82. The van der Waals surface area contributed by atoms with E-state index in [-0.39, 0.29) is 36.8 Å². The van der Waals surface area contributed by atoms with Gasteiger partial charge in [0.2, 0.25) is 0 Å². The van der Waals surface area contributed by atoms with Gasteiger partial charge < -0.3 is 15.5 Å². The van der Waals surface area contributed by atoms with Gasteiger partial charge in [-0.3, -0.25) is 4.79 Å². The summed E-state index contributed by atoms with van der Waals surface area (Å²) in [6.45, 7) is 4.06. The first-order chi connectivity index (χ1) is 11.6. The summed E-state index contributed by atoms with van der Waals surface area (Å²) in [5, 5.41) is 6.48. The third kappa shape index (κ3) is 5.34. The maximum absolute atomic E-state index is 12.4. The lowest BCUT2D eigenvalue weighted by molar-refractivity contribution is 0.0914. The van der Waals surface area contributed by atoms with Crippen LogP contribution in [-0.4, -0.2) is 37.1 Å². The molecule has 2 unspecified atom stereocenters. The summed E-state index contributed by atoms with van der Waals surface area (Å²) >= 11 is 0. The second kappa shape index (κ2) is 10.4. The van der Waals surface area contributed by atoms with Gasteiger partial charge in [0.15, 0.2) is 0 Å². The van der Waals surface area contributed by atoms with Crippen LogP contribution < -0.4 is 15.5 Å². The van der Waals surface area contributed by atoms with Crippen LogP contribution in [0.3, 0.4) is 0 Å². The standard InChI is InChI=1S/C19H24N4O.2ClH/c1-14-12-20-11-10-17(14)22-19(24)15-8-9-18(21-13-15)23(2)16-6-4-3-5-7-16;;/h3-9,13-14,17,20H,10-12H2,1-2H3,(H,22,24);2*1H. The molecule has 1 fully saturated rings. The summed E-state index contributed by atoms with van der Waals surface area (Å²) in [5.74, 6) is 1.21. The minimum Gasteiger partial charge on any atom is -0.349 e. The maximum Gasteiger partial charge on any atom is 0.253 e. The molecule has 142 valence electrons. The maximum atomic E-state index is 12.4. The molecule has 1 aromatic heterocycles. The average molecular weight is 397 g/mol. The van der Waals surface area contributed by atoms with Crippen LogP contribution in [0.4, 0.5) is 11.5 Å². The highest BCUT2D eigenvalue weighted by molar-refractivity contribution is 5.94. The molecule has 1 amide bonds. The van der Waals surface area contributed by atoms with Crippen LogP contribution >= 0.6 is 24.8 Å². The molecular formula is C19H26Cl2N4O. The van der Waals surface area contributed by atoms with Gasteiger partial charge in [-0.1, -0.05) is 25.1 Å². The van der Waals surface area contributed by atoms with Gasteiger partial charge in [0.25, 0.3) is 5.91 Å². The first kappa shape index (κ1) is 22.2. The number of hydrogen-bond acceptors (Lipinski definition) is 4. The van der Waals surface area contributed by atoms with Crippen LogP contribution in [0.15, 0.2) is 48.7 Å². The van der Waals surface area contributed by atoms with Crippen molar-refractivity contribution >= 4 is 42.2 Å². The number of halogens is 2. The number of nitrogens with zero attached hydrogens (tertiary/aromatic N) is 2. The molecule has 1 aliphatic heterocycles. The highest BCUT2D eigenvalue weighted by Crippen LogP contribution is 2.21. The van der Waals surface area contributed by atoms with Crippen molar-refractivity contribution < 1.29 is 4.79 Å². The van der Waals surface area contributed by atoms with E-state index in [1.807, 2.05) is 54.4 Å². The summed E-state index contributed by atoms with van der Waals surface area (Å²) in [7, 11) is 1.97. The van der Waals surface area contributed by atoms with Crippen LogP contribution in [0, 0.1) is 5.92 Å². The Balaban J connectivity index is 0.00000169. The first-order valence-corrected chi connectivity index (χ1v) is 8.41. The number of aromatic nitrogens is 1. The molecule has 1 aliphatic rings. The Kier molecular flexibility index (Phi) is 8.85. The van der Waals surface area contributed by atoms with Crippen molar-refractivity contribution in [2.45, 2.75) is 19.4 Å². The Labute approximate surface area is 167 Å². The fraction of sp³-hybridized carbons (Fsp3) is 0.368. The van der Waals surface area contributed by atoms with Gasteiger partial charge in [-0.05, 0) is 49.7 Å². The normalized spacial score (nSPS) is 18.8. The Bertz CT molecular complexity index is 682. The van der Waals surface area contributed by atoms with E-state index in [2.05, 4.69) is 22.5 Å². The minimum atomic E-state index is -0.0461. The molecule has 1 aromatic carbocycles. The zero-order valence-corrected chi connectivity index (χ0v) is 16.6. The van der Waals surface area contributed by atoms with Crippen molar-refractivity contribution in [3.05, 3.63) is 54.2 Å². The Morgan fingerprint density at radius 2 is 1.92 bits per heavy atom. The molecule has 0 aliphatic carbocycles. The number of pyridine rings is 1. The zero-order chi connectivity index (χ0) is 16.9. The van der Waals surface area contributed by atoms with Gasteiger partial charge in [-0.2, -0.15) is 0 Å². The number of nitrogens with one attached hydrogen (secondary N) is 2. The fourth-order valence-electron chi connectivity index (χ4n) is 2.98. The smallest absolute Gasteiger partial charge is 0.253 e. The number of carbonyl (C=O) groups excluding carboxylic acids is 1. The Morgan fingerprint density at radius 1 is 1.19 bits per heavy atom. The topological polar surface area (TPSA) is 57.3 Å². The number of piperidine rings is 1. The van der Waals surface area contributed by atoms with Crippen LogP contribution in [0.25, 0.3) is 0 Å². The predicted molar refractivity (Wildman–Crippen MR) is 111 cm³/mol. The first-order valence-electron chi connectivity index (χ1n) is 8.41. The van der Waals surface area contributed by atoms with Crippen molar-refractivity contribution in [2.75, 3.05) is 25.0 Å². The predicted octanol–water partition coefficient (Wildman–Crippen LogP) is 3.42. The number of para-hydroxylation sites is 1. The quantitative estimate of drug-likeness (QED) is 0.830. The molecule has 7 heteroatoms. The van der Waals surface area contributed by atoms with E-state index < -0.39 is 0 Å². The van der Waals surface area contributed by atoms with Gasteiger partial charge in [-0.25, -0.2) is 4.98 Å². The highest BCUT2D eigenvalue weighted by Gasteiger charge is 2.23. The summed E-state index contributed by atoms with van der Waals surface area (Å²) < 4.78 is 0. The van der Waals surface area contributed by atoms with Crippen LogP contribution in [0.5, 0.6) is 0 Å². The van der Waals surface area contributed by atoms with E-state index >= 15 is 0 Å². The third-order valence-electron chi connectivity index (χ3n) is 4.60. The molecule has 2 heterocycles. The summed E-state index contributed by atoms with van der Waals surface area (Å²) in [4.78, 5) is 18.9. The minimum absolute atomic E-state index is 0. The lowest BCUT2D eigenvalue weighted by Gasteiger charge is -2.30. The summed E-state index contributed by atoms with van der Waals surface area (Å²) in [6.07, 6.45) is 2.62. The van der Waals surface area contributed by atoms with Gasteiger partial charge in [-0.15, -0.1) is 24.8 Å². The van der Waals surface area contributed by atoms with Crippen LogP contribution in [0.1, 0.15) is 23.7 Å². The van der Waals surface area contributed by atoms with Crippen LogP contribution in [0.2, 0.25) is 0 Å². The molecule has 2 atom stereocenters. The average Bonchev–Trinajstić information content (AvgIpc) is 2.64. The SMILES string of the molecule is CC1CNCCC1NC(=O)c1ccc(N(C)c2ccccc2)nc1.Cl.Cl. The number of benzene rings is 1. The zero-order valence-electron chi connectivity index (χ0n) is 15.0. The van der Waals surface area contributed by atoms with Crippen molar-refractivity contribution in [3.63, 3.8) is 0 Å². The fourth-order valence-corrected chi connectivity index (χ4v) is 2.98. The summed E-state index contributed by atoms with van der Waals surface area (Å²) in [6, 6.07) is 14.0. The van der Waals surface area contributed by atoms with E-state index in [0.717, 1.165) is 31.0 Å². The van der Waals surface area contributed by atoms with Crippen molar-refractivity contribution in [2.24, 2.45) is 5.92 Å². The number of rotatable bonds is 4. The lowest BCUT2D eigenvalue weighted by atomic mass is 9.95. The van der Waals surface area contributed by atoms with Gasteiger partial charge in [0.1, 0.15) is 5.82 Å². The second-order valence-electron chi connectivity index (χ2n) is 6.35. The molecule has 3 rings (SSSR count).